The van der Waals surface area contributed by atoms with Gasteiger partial charge in [-0.2, -0.15) is 0 Å². The van der Waals surface area contributed by atoms with Crippen molar-refractivity contribution in [3.8, 4) is 5.75 Å². The Morgan fingerprint density at radius 2 is 2.14 bits per heavy atom. The zero-order chi connectivity index (χ0) is 20.6. The summed E-state index contributed by atoms with van der Waals surface area (Å²) in [4.78, 5) is 18.7. The number of methoxy groups -OCH3 is 2. The quantitative estimate of drug-likeness (QED) is 0.401. The van der Waals surface area contributed by atoms with Crippen molar-refractivity contribution in [2.45, 2.75) is 57.3 Å². The number of amides is 1. The van der Waals surface area contributed by atoms with Crippen molar-refractivity contribution in [1.82, 2.24) is 9.88 Å². The van der Waals surface area contributed by atoms with E-state index in [0.717, 1.165) is 19.3 Å². The highest BCUT2D eigenvalue weighted by Crippen LogP contribution is 2.37. The minimum absolute atomic E-state index is 0.0622. The molecule has 1 aliphatic heterocycles. The standard InChI is InChI=1S/C20H32N2O6/c1-5-6-7-15(2)28-17-8-9-21-16(10-17)11-20(27-14-26-4)18(12-23)22(13-25-3)19(20)24/h8-10,15,18,23H,5-7,11-14H2,1-4H3/t15-,18+,20-/m1/s1. The van der Waals surface area contributed by atoms with E-state index in [4.69, 9.17) is 18.9 Å². The van der Waals surface area contributed by atoms with Crippen LogP contribution in [0.1, 0.15) is 38.8 Å². The first-order valence-electron chi connectivity index (χ1n) is 9.67. The van der Waals surface area contributed by atoms with E-state index < -0.39 is 11.6 Å². The summed E-state index contributed by atoms with van der Waals surface area (Å²) in [5.41, 5.74) is -0.580. The molecule has 1 N–H and O–H groups in total. The van der Waals surface area contributed by atoms with Crippen molar-refractivity contribution in [2.75, 3.05) is 34.4 Å². The number of aliphatic hydroxyl groups excluding tert-OH is 1. The number of likely N-dealkylation sites (tertiary alicyclic amines) is 1. The number of carbonyl (C=O) groups is 1. The van der Waals surface area contributed by atoms with Crippen LogP contribution < -0.4 is 4.74 Å². The molecule has 1 aromatic heterocycles. The lowest BCUT2D eigenvalue weighted by atomic mass is 9.79. The molecule has 1 fully saturated rings. The molecule has 0 aliphatic carbocycles. The molecule has 1 aliphatic rings. The minimum atomic E-state index is -1.23. The van der Waals surface area contributed by atoms with Gasteiger partial charge in [-0.3, -0.25) is 9.78 Å². The molecular weight excluding hydrogens is 364 g/mol. The maximum Gasteiger partial charge on any atom is 0.259 e. The first kappa shape index (κ1) is 22.5. The van der Waals surface area contributed by atoms with Crippen LogP contribution in [0.4, 0.5) is 0 Å². The van der Waals surface area contributed by atoms with E-state index in [1.54, 1.807) is 12.3 Å². The molecule has 2 heterocycles. The van der Waals surface area contributed by atoms with Crippen LogP contribution in [0, 0.1) is 0 Å². The number of unbranched alkanes of at least 4 members (excludes halogenated alkanes) is 1. The highest BCUT2D eigenvalue weighted by Gasteiger charge is 2.62. The predicted molar refractivity (Wildman–Crippen MR) is 103 cm³/mol. The van der Waals surface area contributed by atoms with Gasteiger partial charge in [0.15, 0.2) is 5.60 Å². The summed E-state index contributed by atoms with van der Waals surface area (Å²) in [6.07, 6.45) is 5.17. The molecule has 158 valence electrons. The third kappa shape index (κ3) is 5.00. The van der Waals surface area contributed by atoms with Crippen molar-refractivity contribution < 1.29 is 28.8 Å². The van der Waals surface area contributed by atoms with Gasteiger partial charge < -0.3 is 29.0 Å². The Kier molecular flexibility index (Phi) is 8.62. The number of ether oxygens (including phenoxy) is 4. The second-order valence-electron chi connectivity index (χ2n) is 7.06. The number of β-lactam (4-membered cyclic amide) rings is 1. The van der Waals surface area contributed by atoms with Crippen LogP contribution in [0.3, 0.4) is 0 Å². The first-order chi connectivity index (χ1) is 13.5. The van der Waals surface area contributed by atoms with Gasteiger partial charge in [-0.1, -0.05) is 19.8 Å². The minimum Gasteiger partial charge on any atom is -0.491 e. The van der Waals surface area contributed by atoms with Gasteiger partial charge in [-0.25, -0.2) is 0 Å². The Morgan fingerprint density at radius 3 is 2.79 bits per heavy atom. The molecule has 2 rings (SSSR count). The average Bonchev–Trinajstić information content (AvgIpc) is 2.69. The second-order valence-corrected chi connectivity index (χ2v) is 7.06. The molecular formula is C20H32N2O6. The third-order valence-corrected chi connectivity index (χ3v) is 4.95. The van der Waals surface area contributed by atoms with Gasteiger partial charge in [-0.05, 0) is 19.4 Å². The number of nitrogens with zero attached hydrogens (tertiary/aromatic N) is 2. The fraction of sp³-hybridized carbons (Fsp3) is 0.700. The highest BCUT2D eigenvalue weighted by molar-refractivity contribution is 5.93. The number of rotatable bonds is 13. The van der Waals surface area contributed by atoms with E-state index in [1.165, 1.54) is 19.1 Å². The fourth-order valence-corrected chi connectivity index (χ4v) is 3.49. The normalized spacial score (nSPS) is 22.8. The lowest BCUT2D eigenvalue weighted by Crippen LogP contribution is -2.77. The second kappa shape index (κ2) is 10.7. The SMILES string of the molecule is CCCC[C@@H](C)Oc1ccnc(C[C@]2(OCOC)C(=O)N(COC)[C@H]2CO)c1. The molecule has 0 spiro atoms. The van der Waals surface area contributed by atoms with Crippen LogP contribution in [-0.2, 0) is 25.4 Å². The van der Waals surface area contributed by atoms with Crippen LogP contribution in [0.2, 0.25) is 0 Å². The van der Waals surface area contributed by atoms with E-state index in [2.05, 4.69) is 11.9 Å². The zero-order valence-electron chi connectivity index (χ0n) is 17.2. The largest absolute Gasteiger partial charge is 0.491 e. The Labute approximate surface area is 166 Å². The number of aromatic nitrogens is 1. The fourth-order valence-electron chi connectivity index (χ4n) is 3.49. The van der Waals surface area contributed by atoms with E-state index >= 15 is 0 Å². The molecule has 0 radical (unpaired) electrons. The van der Waals surface area contributed by atoms with Crippen LogP contribution in [0.15, 0.2) is 18.3 Å². The molecule has 8 nitrogen and oxygen atoms in total. The van der Waals surface area contributed by atoms with Crippen LogP contribution in [-0.4, -0.2) is 73.0 Å². The molecule has 8 heteroatoms. The van der Waals surface area contributed by atoms with Crippen molar-refractivity contribution >= 4 is 5.91 Å². The molecule has 1 aromatic rings. The Morgan fingerprint density at radius 1 is 1.36 bits per heavy atom. The van der Waals surface area contributed by atoms with Crippen molar-refractivity contribution in [2.24, 2.45) is 0 Å². The van der Waals surface area contributed by atoms with Gasteiger partial charge in [0.05, 0.1) is 18.8 Å². The van der Waals surface area contributed by atoms with Crippen molar-refractivity contribution in [1.29, 1.82) is 0 Å². The number of carbonyl (C=O) groups excluding carboxylic acids is 1. The molecule has 28 heavy (non-hydrogen) atoms. The molecule has 0 aromatic carbocycles. The maximum atomic E-state index is 12.8. The number of hydrogen-bond donors (Lipinski definition) is 1. The van der Waals surface area contributed by atoms with Gasteiger partial charge >= 0.3 is 0 Å². The number of aliphatic hydroxyl groups is 1. The molecule has 0 bridgehead atoms. The summed E-state index contributed by atoms with van der Waals surface area (Å²) < 4.78 is 21.8. The monoisotopic (exact) mass is 396 g/mol. The number of hydrogen-bond acceptors (Lipinski definition) is 7. The van der Waals surface area contributed by atoms with Crippen molar-refractivity contribution in [3.05, 3.63) is 24.0 Å². The smallest absolute Gasteiger partial charge is 0.259 e. The topological polar surface area (TPSA) is 90.4 Å². The molecule has 0 unspecified atom stereocenters. The van der Waals surface area contributed by atoms with Gasteiger partial charge in [-0.15, -0.1) is 0 Å². The summed E-state index contributed by atoms with van der Waals surface area (Å²) in [7, 11) is 2.99. The highest BCUT2D eigenvalue weighted by atomic mass is 16.7. The van der Waals surface area contributed by atoms with Crippen LogP contribution in [0.5, 0.6) is 5.75 Å². The van der Waals surface area contributed by atoms with E-state index in [0.29, 0.717) is 11.4 Å². The van der Waals surface area contributed by atoms with Gasteiger partial charge in [0.2, 0.25) is 0 Å². The van der Waals surface area contributed by atoms with E-state index in [-0.39, 0.29) is 38.6 Å². The van der Waals surface area contributed by atoms with Crippen LogP contribution in [0.25, 0.3) is 0 Å². The Bertz CT molecular complexity index is 628. The Balaban J connectivity index is 2.17. The number of pyridine rings is 1. The summed E-state index contributed by atoms with van der Waals surface area (Å²) in [5, 5.41) is 9.85. The summed E-state index contributed by atoms with van der Waals surface area (Å²) in [5.74, 6) is 0.450. The molecule has 0 saturated carbocycles. The molecule has 1 saturated heterocycles. The maximum absolute atomic E-state index is 12.8. The van der Waals surface area contributed by atoms with Gasteiger partial charge in [0, 0.05) is 38.6 Å². The first-order valence-corrected chi connectivity index (χ1v) is 9.67. The van der Waals surface area contributed by atoms with Gasteiger partial charge in [0.25, 0.3) is 5.91 Å². The zero-order valence-corrected chi connectivity index (χ0v) is 17.2. The van der Waals surface area contributed by atoms with E-state index in [1.807, 2.05) is 13.0 Å². The third-order valence-electron chi connectivity index (χ3n) is 4.95. The lowest BCUT2D eigenvalue weighted by molar-refractivity contribution is -0.237. The summed E-state index contributed by atoms with van der Waals surface area (Å²) >= 11 is 0. The van der Waals surface area contributed by atoms with Gasteiger partial charge in [0.1, 0.15) is 19.3 Å². The summed E-state index contributed by atoms with van der Waals surface area (Å²) in [6, 6.07) is 3.09. The lowest BCUT2D eigenvalue weighted by Gasteiger charge is -2.54. The van der Waals surface area contributed by atoms with Crippen LogP contribution >= 0.6 is 0 Å². The summed E-state index contributed by atoms with van der Waals surface area (Å²) in [6.45, 7) is 3.97. The molecule has 1 amide bonds. The van der Waals surface area contributed by atoms with Crippen molar-refractivity contribution in [3.63, 3.8) is 0 Å². The van der Waals surface area contributed by atoms with E-state index in [9.17, 15) is 9.90 Å². The predicted octanol–water partition coefficient (Wildman–Crippen LogP) is 1.75. The molecule has 3 atom stereocenters. The average molecular weight is 396 g/mol. The Hall–Kier alpha value is -1.74.